The Balaban J connectivity index is 2.93. The summed E-state index contributed by atoms with van der Waals surface area (Å²) in [6.45, 7) is 2.29. The summed E-state index contributed by atoms with van der Waals surface area (Å²) in [6, 6.07) is 5.50. The number of benzene rings is 1. The summed E-state index contributed by atoms with van der Waals surface area (Å²) < 4.78 is 20.6. The van der Waals surface area contributed by atoms with E-state index in [2.05, 4.69) is 5.92 Å². The van der Waals surface area contributed by atoms with Gasteiger partial charge >= 0.3 is 0 Å². The third-order valence-electron chi connectivity index (χ3n) is 2.38. The molecule has 1 atom stereocenters. The van der Waals surface area contributed by atoms with Gasteiger partial charge in [-0.3, -0.25) is 0 Å². The third kappa shape index (κ3) is 3.95. The van der Waals surface area contributed by atoms with Crippen LogP contribution in [0.4, 0.5) is 0 Å². The third-order valence-corrected chi connectivity index (χ3v) is 2.38. The molecule has 0 spiro atoms. The molecule has 0 fully saturated rings. The van der Waals surface area contributed by atoms with Crippen molar-refractivity contribution in [3.8, 4) is 23.8 Å². The lowest BCUT2D eigenvalue weighted by atomic mass is 10.0. The van der Waals surface area contributed by atoms with E-state index < -0.39 is 0 Å². The molecular formula is C14H18O4. The summed E-state index contributed by atoms with van der Waals surface area (Å²) in [7, 11) is 3.13. The Kier molecular flexibility index (Phi) is 6.06. The maximum Gasteiger partial charge on any atom is 0.188 e. The van der Waals surface area contributed by atoms with E-state index in [0.717, 1.165) is 5.56 Å². The zero-order chi connectivity index (χ0) is 13.4. The Hall–Kier alpha value is -1.70. The molecule has 0 N–H and O–H groups in total. The van der Waals surface area contributed by atoms with Gasteiger partial charge in [0.1, 0.15) is 11.5 Å². The molecule has 0 saturated carbocycles. The second kappa shape index (κ2) is 7.59. The van der Waals surface area contributed by atoms with Crippen LogP contribution in [0.5, 0.6) is 11.5 Å². The maximum atomic E-state index is 5.49. The molecule has 1 aromatic carbocycles. The molecule has 0 amide bonds. The predicted octanol–water partition coefficient (Wildman–Crippen LogP) is 2.39. The Morgan fingerprint density at radius 1 is 1.17 bits per heavy atom. The van der Waals surface area contributed by atoms with Crippen LogP contribution < -0.4 is 9.47 Å². The summed E-state index contributed by atoms with van der Waals surface area (Å²) in [5.41, 5.74) is 0.930. The minimum Gasteiger partial charge on any atom is -0.467 e. The van der Waals surface area contributed by atoms with Crippen molar-refractivity contribution in [3.05, 3.63) is 23.8 Å². The van der Waals surface area contributed by atoms with E-state index in [1.165, 1.54) is 0 Å². The molecule has 0 bridgehead atoms. The van der Waals surface area contributed by atoms with Gasteiger partial charge in [0.15, 0.2) is 13.6 Å². The second-order valence-corrected chi connectivity index (χ2v) is 3.69. The molecule has 0 heterocycles. The fraction of sp³-hybridized carbons (Fsp3) is 0.429. The van der Waals surface area contributed by atoms with Crippen molar-refractivity contribution in [2.75, 3.05) is 27.8 Å². The fourth-order valence-electron chi connectivity index (χ4n) is 1.43. The highest BCUT2D eigenvalue weighted by Crippen LogP contribution is 2.30. The molecular weight excluding hydrogens is 232 g/mol. The van der Waals surface area contributed by atoms with Crippen molar-refractivity contribution in [2.45, 2.75) is 12.8 Å². The zero-order valence-electron chi connectivity index (χ0n) is 10.9. The van der Waals surface area contributed by atoms with Gasteiger partial charge in [0, 0.05) is 31.8 Å². The number of ether oxygens (including phenoxy) is 4. The fourth-order valence-corrected chi connectivity index (χ4v) is 1.43. The van der Waals surface area contributed by atoms with Crippen LogP contribution in [0.1, 0.15) is 18.4 Å². The van der Waals surface area contributed by atoms with Gasteiger partial charge < -0.3 is 18.9 Å². The first-order valence-corrected chi connectivity index (χ1v) is 5.56. The van der Waals surface area contributed by atoms with E-state index in [-0.39, 0.29) is 19.5 Å². The van der Waals surface area contributed by atoms with Crippen LogP contribution in [0, 0.1) is 12.3 Å². The van der Waals surface area contributed by atoms with Gasteiger partial charge in [-0.15, -0.1) is 6.42 Å². The van der Waals surface area contributed by atoms with Crippen molar-refractivity contribution in [3.63, 3.8) is 0 Å². The molecule has 0 aliphatic carbocycles. The smallest absolute Gasteiger partial charge is 0.188 e. The molecule has 1 rings (SSSR count). The van der Waals surface area contributed by atoms with Crippen LogP contribution in [-0.4, -0.2) is 27.8 Å². The zero-order valence-corrected chi connectivity index (χ0v) is 10.9. The van der Waals surface area contributed by atoms with Crippen LogP contribution in [0.15, 0.2) is 18.2 Å². The van der Waals surface area contributed by atoms with Crippen LogP contribution in [0.3, 0.4) is 0 Å². The molecule has 0 aliphatic rings. The van der Waals surface area contributed by atoms with Crippen molar-refractivity contribution in [1.82, 2.24) is 0 Å². The van der Waals surface area contributed by atoms with Gasteiger partial charge in [-0.1, -0.05) is 12.0 Å². The molecule has 0 aliphatic heterocycles. The summed E-state index contributed by atoms with van der Waals surface area (Å²) in [4.78, 5) is 0. The highest BCUT2D eigenvalue weighted by molar-refractivity contribution is 5.44. The van der Waals surface area contributed by atoms with E-state index in [4.69, 9.17) is 25.4 Å². The lowest BCUT2D eigenvalue weighted by Gasteiger charge is -2.14. The molecule has 0 radical (unpaired) electrons. The molecule has 0 aromatic heterocycles. The molecule has 1 unspecified atom stereocenters. The minimum atomic E-state index is -0.0340. The molecule has 18 heavy (non-hydrogen) atoms. The van der Waals surface area contributed by atoms with Gasteiger partial charge in [0.05, 0.1) is 0 Å². The average molecular weight is 250 g/mol. The summed E-state index contributed by atoms with van der Waals surface area (Å²) in [5, 5.41) is 0. The van der Waals surface area contributed by atoms with Gasteiger partial charge in [0.2, 0.25) is 0 Å². The van der Waals surface area contributed by atoms with Gasteiger partial charge in [-0.2, -0.15) is 0 Å². The largest absolute Gasteiger partial charge is 0.467 e. The number of terminal acetylenes is 1. The van der Waals surface area contributed by atoms with Gasteiger partial charge in [0.25, 0.3) is 0 Å². The summed E-state index contributed by atoms with van der Waals surface area (Å²) in [5.74, 6) is 3.97. The second-order valence-electron chi connectivity index (χ2n) is 3.69. The van der Waals surface area contributed by atoms with Crippen LogP contribution in [0.25, 0.3) is 0 Å². The normalized spacial score (nSPS) is 11.7. The van der Waals surface area contributed by atoms with Gasteiger partial charge in [-0.05, 0) is 13.0 Å². The molecule has 1 aromatic rings. The first kappa shape index (κ1) is 14.4. The van der Waals surface area contributed by atoms with E-state index in [0.29, 0.717) is 11.5 Å². The van der Waals surface area contributed by atoms with E-state index in [1.807, 2.05) is 19.1 Å². The molecule has 0 saturated heterocycles. The van der Waals surface area contributed by atoms with Crippen molar-refractivity contribution in [1.29, 1.82) is 0 Å². The van der Waals surface area contributed by atoms with Crippen molar-refractivity contribution >= 4 is 0 Å². The maximum absolute atomic E-state index is 5.49. The molecule has 4 nitrogen and oxygen atoms in total. The highest BCUT2D eigenvalue weighted by Gasteiger charge is 2.11. The monoisotopic (exact) mass is 250 g/mol. The van der Waals surface area contributed by atoms with Crippen LogP contribution >= 0.6 is 0 Å². The predicted molar refractivity (Wildman–Crippen MR) is 68.7 cm³/mol. The van der Waals surface area contributed by atoms with Crippen LogP contribution in [-0.2, 0) is 9.47 Å². The highest BCUT2D eigenvalue weighted by atomic mass is 16.7. The number of hydrogen-bond acceptors (Lipinski definition) is 4. The summed E-state index contributed by atoms with van der Waals surface area (Å²) >= 11 is 0. The minimum absolute atomic E-state index is 0.0340. The van der Waals surface area contributed by atoms with E-state index >= 15 is 0 Å². The first-order chi connectivity index (χ1) is 8.72. The number of methoxy groups -OCH3 is 2. The number of rotatable bonds is 7. The SMILES string of the molecule is C#CC(C)c1ccc(OCOC)cc1OCOC. The Bertz CT molecular complexity index is 409. The van der Waals surface area contributed by atoms with E-state index in [1.54, 1.807) is 20.3 Å². The average Bonchev–Trinajstić information content (AvgIpc) is 2.42. The number of hydrogen-bond donors (Lipinski definition) is 0. The van der Waals surface area contributed by atoms with E-state index in [9.17, 15) is 0 Å². The standard InChI is InChI=1S/C14H18O4/c1-5-11(2)13-7-6-12(17-9-15-3)8-14(13)18-10-16-4/h1,6-8,11H,9-10H2,2-4H3. The topological polar surface area (TPSA) is 36.9 Å². The first-order valence-electron chi connectivity index (χ1n) is 5.56. The van der Waals surface area contributed by atoms with Crippen molar-refractivity contribution in [2.24, 2.45) is 0 Å². The Morgan fingerprint density at radius 3 is 2.44 bits per heavy atom. The Morgan fingerprint density at radius 2 is 1.83 bits per heavy atom. The quantitative estimate of drug-likeness (QED) is 0.550. The lowest BCUT2D eigenvalue weighted by Crippen LogP contribution is -2.05. The van der Waals surface area contributed by atoms with Crippen molar-refractivity contribution < 1.29 is 18.9 Å². The van der Waals surface area contributed by atoms with Crippen LogP contribution in [0.2, 0.25) is 0 Å². The van der Waals surface area contributed by atoms with Gasteiger partial charge in [-0.25, -0.2) is 0 Å². The molecule has 4 heteroatoms. The Labute approximate surface area is 108 Å². The molecule has 98 valence electrons. The summed E-state index contributed by atoms with van der Waals surface area (Å²) in [6.07, 6.45) is 5.43. The lowest BCUT2D eigenvalue weighted by molar-refractivity contribution is 0.0455.